The first-order chi connectivity index (χ1) is 7.32. The lowest BCUT2D eigenvalue weighted by Crippen LogP contribution is -2.48. The molecule has 0 radical (unpaired) electrons. The summed E-state index contributed by atoms with van der Waals surface area (Å²) >= 11 is 0. The summed E-state index contributed by atoms with van der Waals surface area (Å²) in [5.41, 5.74) is 6.04. The van der Waals surface area contributed by atoms with Crippen LogP contribution in [0.4, 0.5) is 0 Å². The van der Waals surface area contributed by atoms with Gasteiger partial charge in [0.15, 0.2) is 0 Å². The quantitative estimate of drug-likeness (QED) is 0.769. The van der Waals surface area contributed by atoms with Crippen molar-refractivity contribution in [3.63, 3.8) is 0 Å². The van der Waals surface area contributed by atoms with Gasteiger partial charge in [0.25, 0.3) is 0 Å². The van der Waals surface area contributed by atoms with E-state index >= 15 is 0 Å². The number of hydrogen-bond donors (Lipinski definition) is 2. The lowest BCUT2D eigenvalue weighted by Gasteiger charge is -2.38. The van der Waals surface area contributed by atoms with E-state index in [0.29, 0.717) is 5.92 Å². The van der Waals surface area contributed by atoms with E-state index in [0.717, 1.165) is 32.5 Å². The maximum atomic E-state index is 10.1. The van der Waals surface area contributed by atoms with Crippen LogP contribution in [0.25, 0.3) is 0 Å². The van der Waals surface area contributed by atoms with E-state index in [1.165, 1.54) is 0 Å². The molecule has 0 spiro atoms. The van der Waals surface area contributed by atoms with E-state index in [9.17, 15) is 5.11 Å². The lowest BCUT2D eigenvalue weighted by atomic mass is 9.80. The van der Waals surface area contributed by atoms with Crippen LogP contribution in [0.15, 0.2) is 0 Å². The Labute approximate surface area is 100 Å². The van der Waals surface area contributed by atoms with Crippen molar-refractivity contribution in [1.82, 2.24) is 4.90 Å². The highest BCUT2D eigenvalue weighted by molar-refractivity contribution is 4.84. The summed E-state index contributed by atoms with van der Waals surface area (Å²) in [5, 5.41) is 10.1. The Kier molecular flexibility index (Phi) is 4.77. The molecule has 0 amide bonds. The molecule has 3 atom stereocenters. The molecule has 0 aromatic carbocycles. The first-order valence-corrected chi connectivity index (χ1v) is 6.49. The fourth-order valence-corrected chi connectivity index (χ4v) is 2.45. The number of aliphatic hydroxyl groups is 1. The fraction of sp³-hybridized carbons (Fsp3) is 1.00. The Bertz CT molecular complexity index is 212. The average Bonchev–Trinajstić information content (AvgIpc) is 2.15. The van der Waals surface area contributed by atoms with Crippen LogP contribution in [0.2, 0.25) is 0 Å². The second kappa shape index (κ2) is 5.48. The summed E-state index contributed by atoms with van der Waals surface area (Å²) in [6.07, 6.45) is 1.72. The van der Waals surface area contributed by atoms with Crippen molar-refractivity contribution in [2.45, 2.75) is 52.7 Å². The third-order valence-electron chi connectivity index (χ3n) is 3.65. The monoisotopic (exact) mass is 228 g/mol. The van der Waals surface area contributed by atoms with Gasteiger partial charge in [-0.25, -0.2) is 0 Å². The van der Waals surface area contributed by atoms with Gasteiger partial charge in [-0.3, -0.25) is 0 Å². The Morgan fingerprint density at radius 3 is 2.50 bits per heavy atom. The van der Waals surface area contributed by atoms with Gasteiger partial charge in [0.2, 0.25) is 0 Å². The van der Waals surface area contributed by atoms with Crippen molar-refractivity contribution < 1.29 is 5.11 Å². The molecule has 1 heterocycles. The molecule has 0 aromatic heterocycles. The number of nitrogens with two attached hydrogens (primary N) is 1. The average molecular weight is 228 g/mol. The largest absolute Gasteiger partial charge is 0.393 e. The molecule has 1 aliphatic heterocycles. The van der Waals surface area contributed by atoms with Crippen LogP contribution in [0.5, 0.6) is 0 Å². The van der Waals surface area contributed by atoms with Crippen LogP contribution < -0.4 is 5.73 Å². The van der Waals surface area contributed by atoms with Crippen molar-refractivity contribution in [3.05, 3.63) is 0 Å². The van der Waals surface area contributed by atoms with Gasteiger partial charge in [-0.1, -0.05) is 27.7 Å². The summed E-state index contributed by atoms with van der Waals surface area (Å²) in [4.78, 5) is 2.40. The molecule has 16 heavy (non-hydrogen) atoms. The second-order valence-corrected chi connectivity index (χ2v) is 6.33. The summed E-state index contributed by atoms with van der Waals surface area (Å²) in [6.45, 7) is 11.6. The van der Waals surface area contributed by atoms with Crippen molar-refractivity contribution in [2.75, 3.05) is 19.6 Å². The molecule has 0 aromatic rings. The summed E-state index contributed by atoms with van der Waals surface area (Å²) in [6, 6.07) is 0.283. The highest BCUT2D eigenvalue weighted by Crippen LogP contribution is 2.28. The zero-order chi connectivity index (χ0) is 12.3. The first-order valence-electron chi connectivity index (χ1n) is 6.49. The van der Waals surface area contributed by atoms with Crippen LogP contribution in [0.3, 0.4) is 0 Å². The Morgan fingerprint density at radius 2 is 2.00 bits per heavy atom. The zero-order valence-corrected chi connectivity index (χ0v) is 11.2. The molecule has 0 saturated carbocycles. The zero-order valence-electron chi connectivity index (χ0n) is 11.2. The molecule has 1 rings (SSSR count). The van der Waals surface area contributed by atoms with Crippen molar-refractivity contribution in [2.24, 2.45) is 17.1 Å². The van der Waals surface area contributed by atoms with Gasteiger partial charge in [0.1, 0.15) is 0 Å². The van der Waals surface area contributed by atoms with Gasteiger partial charge in [-0.05, 0) is 30.7 Å². The van der Waals surface area contributed by atoms with Crippen LogP contribution in [0, 0.1) is 11.3 Å². The number of nitrogens with zero attached hydrogens (tertiary/aromatic N) is 1. The molecule has 3 nitrogen and oxygen atoms in total. The number of likely N-dealkylation sites (tertiary alicyclic amines) is 1. The van der Waals surface area contributed by atoms with E-state index < -0.39 is 0 Å². The number of rotatable bonds is 3. The predicted molar refractivity (Wildman–Crippen MR) is 68.3 cm³/mol. The van der Waals surface area contributed by atoms with Crippen LogP contribution in [-0.2, 0) is 0 Å². The summed E-state index contributed by atoms with van der Waals surface area (Å²) in [7, 11) is 0. The van der Waals surface area contributed by atoms with Gasteiger partial charge in [0.05, 0.1) is 6.10 Å². The number of piperidine rings is 1. The van der Waals surface area contributed by atoms with Gasteiger partial charge in [-0.15, -0.1) is 0 Å². The second-order valence-electron chi connectivity index (χ2n) is 6.33. The molecule has 3 heteroatoms. The molecule has 0 bridgehead atoms. The van der Waals surface area contributed by atoms with E-state index in [2.05, 4.69) is 32.6 Å². The highest BCUT2D eigenvalue weighted by Gasteiger charge is 2.30. The minimum absolute atomic E-state index is 0.0153. The standard InChI is InChI=1S/C13H28N2O/c1-5-15-8-10(6-11(14)9-15)7-12(16)13(2,3)4/h10-12,16H,5-9,14H2,1-4H3. The normalized spacial score (nSPS) is 30.4. The van der Waals surface area contributed by atoms with Gasteiger partial charge >= 0.3 is 0 Å². The molecular formula is C13H28N2O. The smallest absolute Gasteiger partial charge is 0.0591 e. The minimum atomic E-state index is -0.221. The SMILES string of the molecule is CCN1CC(N)CC(CC(O)C(C)(C)C)C1. The van der Waals surface area contributed by atoms with Gasteiger partial charge in [0, 0.05) is 19.1 Å². The molecule has 3 N–H and O–H groups in total. The molecule has 0 aliphatic carbocycles. The van der Waals surface area contributed by atoms with Crippen LogP contribution in [-0.4, -0.2) is 41.8 Å². The van der Waals surface area contributed by atoms with E-state index in [1.807, 2.05) is 0 Å². The third-order valence-corrected chi connectivity index (χ3v) is 3.65. The van der Waals surface area contributed by atoms with E-state index in [4.69, 9.17) is 5.73 Å². The van der Waals surface area contributed by atoms with Crippen molar-refractivity contribution >= 4 is 0 Å². The lowest BCUT2D eigenvalue weighted by molar-refractivity contribution is 0.0249. The summed E-state index contributed by atoms with van der Waals surface area (Å²) < 4.78 is 0. The first kappa shape index (κ1) is 13.9. The summed E-state index contributed by atoms with van der Waals surface area (Å²) in [5.74, 6) is 0.554. The minimum Gasteiger partial charge on any atom is -0.393 e. The molecule has 1 saturated heterocycles. The topological polar surface area (TPSA) is 49.5 Å². The van der Waals surface area contributed by atoms with Crippen LogP contribution >= 0.6 is 0 Å². The Morgan fingerprint density at radius 1 is 1.38 bits per heavy atom. The van der Waals surface area contributed by atoms with Gasteiger partial charge < -0.3 is 15.7 Å². The fourth-order valence-electron chi connectivity index (χ4n) is 2.45. The van der Waals surface area contributed by atoms with Crippen molar-refractivity contribution in [1.29, 1.82) is 0 Å². The number of aliphatic hydroxyl groups excluding tert-OH is 1. The number of hydrogen-bond acceptors (Lipinski definition) is 3. The third kappa shape index (κ3) is 4.04. The maximum absolute atomic E-state index is 10.1. The van der Waals surface area contributed by atoms with Gasteiger partial charge in [-0.2, -0.15) is 0 Å². The molecule has 96 valence electrons. The molecule has 1 fully saturated rings. The highest BCUT2D eigenvalue weighted by atomic mass is 16.3. The maximum Gasteiger partial charge on any atom is 0.0591 e. The molecule has 3 unspecified atom stereocenters. The van der Waals surface area contributed by atoms with E-state index in [1.54, 1.807) is 0 Å². The van der Waals surface area contributed by atoms with Crippen molar-refractivity contribution in [3.8, 4) is 0 Å². The number of likely N-dealkylation sites (N-methyl/N-ethyl adjacent to an activating group) is 1. The van der Waals surface area contributed by atoms with Crippen LogP contribution in [0.1, 0.15) is 40.5 Å². The molecular weight excluding hydrogens is 200 g/mol. The molecule has 1 aliphatic rings. The predicted octanol–water partition coefficient (Wildman–Crippen LogP) is 1.45. The Balaban J connectivity index is 2.47. The Hall–Kier alpha value is -0.120. The van der Waals surface area contributed by atoms with E-state index in [-0.39, 0.29) is 17.6 Å².